The summed E-state index contributed by atoms with van der Waals surface area (Å²) in [5.41, 5.74) is 4.98. The molecule has 3 atom stereocenters. The van der Waals surface area contributed by atoms with Crippen LogP contribution in [0, 0.1) is 12.8 Å². The Hall–Kier alpha value is -2.63. The Bertz CT molecular complexity index is 1160. The molecule has 0 saturated carbocycles. The van der Waals surface area contributed by atoms with Crippen LogP contribution in [0.1, 0.15) is 10.8 Å². The molecule has 0 spiro atoms. The van der Waals surface area contributed by atoms with Crippen molar-refractivity contribution in [2.45, 2.75) is 23.3 Å². The number of nitrogens with one attached hydrogen (secondary N) is 1. The Morgan fingerprint density at radius 2 is 2.19 bits per heavy atom. The van der Waals surface area contributed by atoms with Crippen molar-refractivity contribution in [1.82, 2.24) is 24.9 Å². The molecule has 17 heteroatoms. The minimum atomic E-state index is -1.13. The molecule has 0 aromatic carbocycles. The number of aromatic nitrogens is 4. The van der Waals surface area contributed by atoms with Crippen LogP contribution < -0.4 is 11.1 Å². The second kappa shape index (κ2) is 9.08. The average molecular weight is 516 g/mol. The van der Waals surface area contributed by atoms with Crippen molar-refractivity contribution in [3.05, 3.63) is 10.8 Å². The van der Waals surface area contributed by atoms with Gasteiger partial charge < -0.3 is 21.4 Å². The molecule has 0 fully saturated rings. The number of aliphatic carboxylic acids is 1. The van der Waals surface area contributed by atoms with Crippen molar-refractivity contribution < 1.29 is 29.3 Å². The maximum Gasteiger partial charge on any atom is 0.422 e. The quantitative estimate of drug-likeness (QED) is 0.121. The number of carboxylic acid groups (broad SMARTS) is 1. The molecule has 2 aliphatic rings. The van der Waals surface area contributed by atoms with Crippen molar-refractivity contribution in [2.75, 3.05) is 17.2 Å². The molecule has 4 rings (SSSR count). The fraction of sp³-hybridized carbons (Fsp3) is 0.400. The van der Waals surface area contributed by atoms with E-state index in [4.69, 9.17) is 5.73 Å². The number of hydrogen-bond acceptors (Lipinski definition) is 14. The van der Waals surface area contributed by atoms with E-state index in [9.17, 15) is 24.7 Å². The zero-order chi connectivity index (χ0) is 23.0. The number of carbonyl (C=O) groups excluding carboxylic acids is 2. The highest BCUT2D eigenvalue weighted by molar-refractivity contribution is 8.14. The molecule has 0 radical (unpaired) electrons. The van der Waals surface area contributed by atoms with Gasteiger partial charge in [-0.25, -0.2) is 9.59 Å². The van der Waals surface area contributed by atoms with Crippen LogP contribution in [-0.4, -0.2) is 86.6 Å². The van der Waals surface area contributed by atoms with Crippen LogP contribution in [0.5, 0.6) is 0 Å². The first-order chi connectivity index (χ1) is 15.3. The van der Waals surface area contributed by atoms with Gasteiger partial charge in [0.1, 0.15) is 5.01 Å². The number of oxime groups is 1. The lowest BCUT2D eigenvalue weighted by molar-refractivity contribution is -0.502. The van der Waals surface area contributed by atoms with E-state index >= 15 is 0 Å². The molecule has 0 aliphatic carbocycles. The summed E-state index contributed by atoms with van der Waals surface area (Å²) in [5.74, 6) is -2.17. The SMILES string of the molecule is Cc1nnc(SCC2CSC3=[N+](C(=O)C3NC(=O)C(=NO)c3nsc(N)n3)C2C(=O)O)s1. The molecule has 0 bridgehead atoms. The number of nitrogen functional groups attached to an aromatic ring is 1. The van der Waals surface area contributed by atoms with Gasteiger partial charge >= 0.3 is 11.9 Å². The number of anilines is 1. The van der Waals surface area contributed by atoms with E-state index in [1.807, 2.05) is 6.92 Å². The van der Waals surface area contributed by atoms with E-state index in [0.29, 0.717) is 16.5 Å². The van der Waals surface area contributed by atoms with Crippen LogP contribution in [-0.2, 0) is 14.4 Å². The second-order valence-corrected chi connectivity index (χ2v) is 10.9. The number of carbonyl (C=O) groups is 3. The molecule has 13 nitrogen and oxygen atoms in total. The number of hydrogen-bond donors (Lipinski definition) is 4. The van der Waals surface area contributed by atoms with E-state index < -0.39 is 35.6 Å². The van der Waals surface area contributed by atoms with Crippen molar-refractivity contribution in [3.8, 4) is 0 Å². The molecule has 3 unspecified atom stereocenters. The maximum absolute atomic E-state index is 12.8. The number of nitrogens with two attached hydrogens (primary N) is 1. The van der Waals surface area contributed by atoms with Gasteiger partial charge in [-0.3, -0.25) is 4.79 Å². The van der Waals surface area contributed by atoms with Gasteiger partial charge in [0.2, 0.25) is 17.6 Å². The molecule has 2 aromatic heterocycles. The van der Waals surface area contributed by atoms with Crippen LogP contribution in [0.3, 0.4) is 0 Å². The first-order valence-electron chi connectivity index (χ1n) is 8.91. The Morgan fingerprint density at radius 3 is 2.78 bits per heavy atom. The number of carboxylic acids is 1. The Labute approximate surface area is 196 Å². The predicted octanol–water partition coefficient (Wildman–Crippen LogP) is -0.497. The van der Waals surface area contributed by atoms with Gasteiger partial charge in [0.25, 0.3) is 17.0 Å². The summed E-state index contributed by atoms with van der Waals surface area (Å²) in [6.07, 6.45) is 0. The van der Waals surface area contributed by atoms with Crippen LogP contribution in [0.25, 0.3) is 0 Å². The van der Waals surface area contributed by atoms with E-state index in [1.54, 1.807) is 0 Å². The van der Waals surface area contributed by atoms with Crippen molar-refractivity contribution in [1.29, 1.82) is 0 Å². The van der Waals surface area contributed by atoms with Crippen molar-refractivity contribution in [2.24, 2.45) is 11.1 Å². The maximum atomic E-state index is 12.8. The zero-order valence-corrected chi connectivity index (χ0v) is 19.4. The molecule has 5 N–H and O–H groups in total. The summed E-state index contributed by atoms with van der Waals surface area (Å²) in [6.45, 7) is 1.83. The van der Waals surface area contributed by atoms with Crippen LogP contribution in [0.15, 0.2) is 9.50 Å². The monoisotopic (exact) mass is 515 g/mol. The average Bonchev–Trinajstić information content (AvgIpc) is 3.38. The summed E-state index contributed by atoms with van der Waals surface area (Å²) in [5, 5.41) is 33.6. The van der Waals surface area contributed by atoms with Crippen molar-refractivity contribution in [3.63, 3.8) is 0 Å². The van der Waals surface area contributed by atoms with Crippen molar-refractivity contribution >= 4 is 80.1 Å². The first kappa shape index (κ1) is 22.6. The minimum absolute atomic E-state index is 0.0777. The Kier molecular flexibility index (Phi) is 6.40. The van der Waals surface area contributed by atoms with E-state index in [0.717, 1.165) is 20.9 Å². The van der Waals surface area contributed by atoms with Gasteiger partial charge in [0.15, 0.2) is 9.47 Å². The molecule has 168 valence electrons. The van der Waals surface area contributed by atoms with Gasteiger partial charge in [-0.1, -0.05) is 40.0 Å². The van der Waals surface area contributed by atoms with Gasteiger partial charge in [0.05, 0.1) is 5.92 Å². The lowest BCUT2D eigenvalue weighted by Crippen LogP contribution is -2.68. The molecule has 2 aromatic rings. The summed E-state index contributed by atoms with van der Waals surface area (Å²) >= 11 is 4.94. The van der Waals surface area contributed by atoms with Gasteiger partial charge in [0, 0.05) is 23.0 Å². The van der Waals surface area contributed by atoms with Crippen LogP contribution in [0.4, 0.5) is 5.13 Å². The molecule has 4 heterocycles. The van der Waals surface area contributed by atoms with E-state index in [-0.39, 0.29) is 16.9 Å². The number of aryl methyl sites for hydroxylation is 1. The second-order valence-electron chi connectivity index (χ2n) is 6.61. The normalized spacial score (nSPS) is 23.0. The third kappa shape index (κ3) is 4.19. The molecular weight excluding hydrogens is 500 g/mol. The van der Waals surface area contributed by atoms with Crippen LogP contribution in [0.2, 0.25) is 0 Å². The third-order valence-electron chi connectivity index (χ3n) is 4.56. The van der Waals surface area contributed by atoms with Gasteiger partial charge in [-0.2, -0.15) is 9.36 Å². The molecule has 2 amide bonds. The molecule has 32 heavy (non-hydrogen) atoms. The topological polar surface area (TPSA) is 197 Å². The highest BCUT2D eigenvalue weighted by atomic mass is 32.2. The first-order valence-corrected chi connectivity index (χ1v) is 12.5. The number of amides is 2. The summed E-state index contributed by atoms with van der Waals surface area (Å²) in [4.78, 5) is 41.0. The van der Waals surface area contributed by atoms with Gasteiger partial charge in [-0.15, -0.1) is 14.8 Å². The summed E-state index contributed by atoms with van der Waals surface area (Å²) in [6, 6.07) is -2.10. The number of thioether (sulfide) groups is 2. The zero-order valence-electron chi connectivity index (χ0n) is 16.2. The molecule has 0 saturated heterocycles. The standard InChI is InChI=1S/C15H14N8O5S4/c1-4-19-20-15(31-4)30-3-5-2-29-12-7(11(25)23(12)8(5)13(26)27)17-10(24)6(21-28)9-18-14(16)32-22-9/h5,7-8H,2-3H2,1H3,(H4-,16,17,18,22,24,26,27,28)/p+1. The van der Waals surface area contributed by atoms with E-state index in [2.05, 4.69) is 30.0 Å². The van der Waals surface area contributed by atoms with E-state index in [1.165, 1.54) is 39.4 Å². The summed E-state index contributed by atoms with van der Waals surface area (Å²) < 4.78 is 5.75. The number of rotatable bonds is 7. The predicted molar refractivity (Wildman–Crippen MR) is 118 cm³/mol. The Morgan fingerprint density at radius 1 is 1.41 bits per heavy atom. The molecule has 2 aliphatic heterocycles. The summed E-state index contributed by atoms with van der Waals surface area (Å²) in [7, 11) is 0. The highest BCUT2D eigenvalue weighted by Crippen LogP contribution is 2.35. The molecular formula is C15H15N8O5S4+. The number of nitrogens with zero attached hydrogens (tertiary/aromatic N) is 6. The minimum Gasteiger partial charge on any atom is -0.476 e. The largest absolute Gasteiger partial charge is 0.476 e. The lowest BCUT2D eigenvalue weighted by Gasteiger charge is -2.33. The van der Waals surface area contributed by atoms with Crippen LogP contribution >= 0.6 is 46.4 Å². The fourth-order valence-electron chi connectivity index (χ4n) is 3.16. The fourth-order valence-corrected chi connectivity index (χ4v) is 7.07. The third-order valence-corrected chi connectivity index (χ3v) is 8.59. The Balaban J connectivity index is 1.48. The smallest absolute Gasteiger partial charge is 0.422 e. The van der Waals surface area contributed by atoms with Gasteiger partial charge in [-0.05, 0) is 6.92 Å². The highest BCUT2D eigenvalue weighted by Gasteiger charge is 2.60. The lowest BCUT2D eigenvalue weighted by atomic mass is 9.98.